The van der Waals surface area contributed by atoms with Gasteiger partial charge in [-0.3, -0.25) is 4.90 Å². The molecule has 0 saturated heterocycles. The SMILES string of the molecule is CC(c1nc(-c2ccc3ncnc(Nc4ccc(OCc5ccccc5)cc4)c3c2)no1)N(C)C. The van der Waals surface area contributed by atoms with Gasteiger partial charge in [-0.2, -0.15) is 4.98 Å². The molecule has 176 valence electrons. The topological polar surface area (TPSA) is 89.2 Å². The van der Waals surface area contributed by atoms with E-state index in [4.69, 9.17) is 9.26 Å². The van der Waals surface area contributed by atoms with E-state index in [0.717, 1.165) is 33.5 Å². The molecule has 1 atom stereocenters. The van der Waals surface area contributed by atoms with Crippen LogP contribution in [0.3, 0.4) is 0 Å². The van der Waals surface area contributed by atoms with Crippen molar-refractivity contribution in [1.82, 2.24) is 25.0 Å². The van der Waals surface area contributed by atoms with Crippen molar-refractivity contribution in [3.8, 4) is 17.1 Å². The standard InChI is InChI=1S/C27H26N6O2/c1-18(33(2)3)27-31-25(32-35-27)20-9-14-24-23(15-20)26(29-17-28-24)30-21-10-12-22(13-11-21)34-16-19-7-5-4-6-8-19/h4-15,17-18H,16H2,1-3H3,(H,28,29,30). The molecule has 2 aromatic heterocycles. The molecule has 5 aromatic rings. The van der Waals surface area contributed by atoms with E-state index in [1.807, 2.05) is 98.7 Å². The van der Waals surface area contributed by atoms with Crippen molar-refractivity contribution >= 4 is 22.4 Å². The molecule has 0 bridgehead atoms. The normalized spacial score (nSPS) is 12.1. The summed E-state index contributed by atoms with van der Waals surface area (Å²) >= 11 is 0. The van der Waals surface area contributed by atoms with Gasteiger partial charge in [-0.25, -0.2) is 9.97 Å². The molecular formula is C27H26N6O2. The van der Waals surface area contributed by atoms with Crippen molar-refractivity contribution in [2.24, 2.45) is 0 Å². The smallest absolute Gasteiger partial charge is 0.244 e. The Morgan fingerprint density at radius 1 is 0.971 bits per heavy atom. The van der Waals surface area contributed by atoms with Gasteiger partial charge in [0, 0.05) is 16.6 Å². The summed E-state index contributed by atoms with van der Waals surface area (Å²) in [7, 11) is 3.95. The fraction of sp³-hybridized carbons (Fsp3) is 0.185. The van der Waals surface area contributed by atoms with Crippen LogP contribution in [0.25, 0.3) is 22.3 Å². The van der Waals surface area contributed by atoms with Crippen LogP contribution in [0.1, 0.15) is 24.4 Å². The third kappa shape index (κ3) is 5.12. The van der Waals surface area contributed by atoms with Crippen LogP contribution in [-0.4, -0.2) is 39.1 Å². The number of nitrogens with zero attached hydrogens (tertiary/aromatic N) is 5. The molecule has 35 heavy (non-hydrogen) atoms. The van der Waals surface area contributed by atoms with Gasteiger partial charge in [-0.1, -0.05) is 35.5 Å². The van der Waals surface area contributed by atoms with Crippen molar-refractivity contribution in [3.05, 3.63) is 90.6 Å². The van der Waals surface area contributed by atoms with E-state index in [1.54, 1.807) is 6.33 Å². The lowest BCUT2D eigenvalue weighted by Gasteiger charge is -2.14. The van der Waals surface area contributed by atoms with Crippen LogP contribution in [0.4, 0.5) is 11.5 Å². The van der Waals surface area contributed by atoms with Crippen LogP contribution < -0.4 is 10.1 Å². The Morgan fingerprint density at radius 3 is 2.54 bits per heavy atom. The summed E-state index contributed by atoms with van der Waals surface area (Å²) < 4.78 is 11.4. The third-order valence-corrected chi connectivity index (χ3v) is 5.83. The number of ether oxygens (including phenoxy) is 1. The van der Waals surface area contributed by atoms with Gasteiger partial charge in [-0.05, 0) is 69.0 Å². The predicted octanol–water partition coefficient (Wildman–Crippen LogP) is 5.63. The number of nitrogens with one attached hydrogen (secondary N) is 1. The zero-order chi connectivity index (χ0) is 24.2. The lowest BCUT2D eigenvalue weighted by atomic mass is 10.1. The summed E-state index contributed by atoms with van der Waals surface area (Å²) in [6.45, 7) is 2.55. The second-order valence-corrected chi connectivity index (χ2v) is 8.47. The van der Waals surface area contributed by atoms with Crippen LogP contribution in [-0.2, 0) is 6.61 Å². The van der Waals surface area contributed by atoms with Crippen LogP contribution in [0.15, 0.2) is 83.6 Å². The third-order valence-electron chi connectivity index (χ3n) is 5.83. The fourth-order valence-electron chi connectivity index (χ4n) is 3.55. The molecule has 2 heterocycles. The largest absolute Gasteiger partial charge is 0.489 e. The monoisotopic (exact) mass is 466 g/mol. The molecule has 3 aromatic carbocycles. The Hall–Kier alpha value is -4.30. The van der Waals surface area contributed by atoms with Gasteiger partial charge in [0.05, 0.1) is 11.6 Å². The minimum atomic E-state index is 0.0249. The summed E-state index contributed by atoms with van der Waals surface area (Å²) in [5.41, 5.74) is 3.67. The van der Waals surface area contributed by atoms with Gasteiger partial charge in [0.2, 0.25) is 11.7 Å². The highest BCUT2D eigenvalue weighted by Crippen LogP contribution is 2.29. The van der Waals surface area contributed by atoms with Gasteiger partial charge in [0.15, 0.2) is 0 Å². The van der Waals surface area contributed by atoms with Crippen molar-refractivity contribution < 1.29 is 9.26 Å². The summed E-state index contributed by atoms with van der Waals surface area (Å²) in [4.78, 5) is 15.5. The molecule has 0 aliphatic carbocycles. The van der Waals surface area contributed by atoms with Crippen LogP contribution >= 0.6 is 0 Å². The number of hydrogen-bond acceptors (Lipinski definition) is 8. The van der Waals surface area contributed by atoms with Gasteiger partial charge >= 0.3 is 0 Å². The van der Waals surface area contributed by atoms with Gasteiger partial charge < -0.3 is 14.6 Å². The first-order valence-corrected chi connectivity index (χ1v) is 11.4. The van der Waals surface area contributed by atoms with E-state index in [-0.39, 0.29) is 6.04 Å². The van der Waals surface area contributed by atoms with E-state index in [1.165, 1.54) is 0 Å². The van der Waals surface area contributed by atoms with E-state index in [0.29, 0.717) is 24.1 Å². The van der Waals surface area contributed by atoms with Crippen LogP contribution in [0.2, 0.25) is 0 Å². The molecule has 1 N–H and O–H groups in total. The maximum absolute atomic E-state index is 5.89. The molecule has 0 amide bonds. The zero-order valence-corrected chi connectivity index (χ0v) is 19.8. The van der Waals surface area contributed by atoms with Crippen molar-refractivity contribution in [2.75, 3.05) is 19.4 Å². The van der Waals surface area contributed by atoms with E-state index >= 15 is 0 Å². The maximum atomic E-state index is 5.89. The van der Waals surface area contributed by atoms with Crippen molar-refractivity contribution in [2.45, 2.75) is 19.6 Å². The Bertz CT molecular complexity index is 1420. The number of aromatic nitrogens is 4. The summed E-state index contributed by atoms with van der Waals surface area (Å²) in [6, 6.07) is 23.8. The first-order valence-electron chi connectivity index (χ1n) is 11.4. The predicted molar refractivity (Wildman–Crippen MR) is 135 cm³/mol. The summed E-state index contributed by atoms with van der Waals surface area (Å²) in [6.07, 6.45) is 1.55. The Kier molecular flexibility index (Phi) is 6.36. The van der Waals surface area contributed by atoms with E-state index < -0.39 is 0 Å². The van der Waals surface area contributed by atoms with E-state index in [2.05, 4.69) is 25.4 Å². The molecule has 0 radical (unpaired) electrons. The van der Waals surface area contributed by atoms with E-state index in [9.17, 15) is 0 Å². The molecule has 0 fully saturated rings. The van der Waals surface area contributed by atoms with Crippen LogP contribution in [0.5, 0.6) is 5.75 Å². The fourth-order valence-corrected chi connectivity index (χ4v) is 3.55. The van der Waals surface area contributed by atoms with Gasteiger partial charge in [-0.15, -0.1) is 0 Å². The molecule has 8 heteroatoms. The molecule has 8 nitrogen and oxygen atoms in total. The lowest BCUT2D eigenvalue weighted by molar-refractivity contribution is 0.245. The highest BCUT2D eigenvalue weighted by molar-refractivity contribution is 5.93. The first kappa shape index (κ1) is 22.5. The highest BCUT2D eigenvalue weighted by Gasteiger charge is 2.17. The molecular weight excluding hydrogens is 440 g/mol. The van der Waals surface area contributed by atoms with Gasteiger partial charge in [0.1, 0.15) is 24.5 Å². The second-order valence-electron chi connectivity index (χ2n) is 8.47. The first-order chi connectivity index (χ1) is 17.1. The minimum absolute atomic E-state index is 0.0249. The molecule has 1 unspecified atom stereocenters. The Morgan fingerprint density at radius 2 is 1.77 bits per heavy atom. The molecule has 0 saturated carbocycles. The number of hydrogen-bond donors (Lipinski definition) is 1. The Balaban J connectivity index is 1.35. The maximum Gasteiger partial charge on any atom is 0.244 e. The Labute approximate surface area is 203 Å². The van der Waals surface area contributed by atoms with Gasteiger partial charge in [0.25, 0.3) is 0 Å². The number of fused-ring (bicyclic) bond motifs is 1. The molecule has 0 spiro atoms. The average molecular weight is 467 g/mol. The average Bonchev–Trinajstić information content (AvgIpc) is 3.39. The van der Waals surface area contributed by atoms with Crippen molar-refractivity contribution in [3.63, 3.8) is 0 Å². The highest BCUT2D eigenvalue weighted by atomic mass is 16.5. The quantitative estimate of drug-likeness (QED) is 0.315. The van der Waals surface area contributed by atoms with Crippen LogP contribution in [0, 0.1) is 0 Å². The number of benzene rings is 3. The molecule has 0 aliphatic rings. The summed E-state index contributed by atoms with van der Waals surface area (Å²) in [5.74, 6) is 2.60. The molecule has 5 rings (SSSR count). The summed E-state index contributed by atoms with van der Waals surface area (Å²) in [5, 5.41) is 8.42. The number of rotatable bonds is 8. The molecule has 0 aliphatic heterocycles. The minimum Gasteiger partial charge on any atom is -0.489 e. The second kappa shape index (κ2) is 9.90. The van der Waals surface area contributed by atoms with Crippen molar-refractivity contribution in [1.29, 1.82) is 0 Å². The lowest BCUT2D eigenvalue weighted by Crippen LogP contribution is -2.16. The zero-order valence-electron chi connectivity index (χ0n) is 19.8. The number of anilines is 2.